The summed E-state index contributed by atoms with van der Waals surface area (Å²) in [6.45, 7) is 13.7. The SMILES string of the molecule is CCCCCCCCCCCC[N+](C)(C)CCCCOC(CCCOC(CCCO)[N+](C)(C)CCCCCCCCCCCC)[N+](C)(C)CCCCCCCCCCCC.[Cl-].[Cl-].[Cl-]. The summed E-state index contributed by atoms with van der Waals surface area (Å²) in [5.41, 5.74) is 0. The predicted molar refractivity (Wildman–Crippen MR) is 266 cm³/mol. The second-order valence-electron chi connectivity index (χ2n) is 21.3. The summed E-state index contributed by atoms with van der Waals surface area (Å²) in [6, 6.07) is 0. The minimum absolute atomic E-state index is 0. The number of hydrogen-bond acceptors (Lipinski definition) is 3. The molecule has 9 heteroatoms. The van der Waals surface area contributed by atoms with Crippen molar-refractivity contribution >= 4 is 0 Å². The second kappa shape index (κ2) is 49.1. The van der Waals surface area contributed by atoms with E-state index in [1.807, 2.05) is 0 Å². The van der Waals surface area contributed by atoms with E-state index < -0.39 is 0 Å². The van der Waals surface area contributed by atoms with Crippen molar-refractivity contribution in [1.82, 2.24) is 0 Å². The van der Waals surface area contributed by atoms with Crippen molar-refractivity contribution in [2.45, 2.75) is 264 Å². The van der Waals surface area contributed by atoms with Crippen LogP contribution in [0.2, 0.25) is 0 Å². The molecule has 0 aliphatic carbocycles. The zero-order valence-electron chi connectivity index (χ0n) is 44.3. The summed E-state index contributed by atoms with van der Waals surface area (Å²) in [5.74, 6) is 0. The van der Waals surface area contributed by atoms with E-state index in [1.165, 1.54) is 219 Å². The molecule has 0 bridgehead atoms. The Labute approximate surface area is 415 Å². The van der Waals surface area contributed by atoms with E-state index in [1.54, 1.807) is 0 Å². The van der Waals surface area contributed by atoms with Crippen LogP contribution in [0.5, 0.6) is 0 Å². The van der Waals surface area contributed by atoms with Crippen LogP contribution in [0.3, 0.4) is 0 Å². The highest BCUT2D eigenvalue weighted by Gasteiger charge is 2.31. The predicted octanol–water partition coefficient (Wildman–Crippen LogP) is 6.01. The van der Waals surface area contributed by atoms with Crippen molar-refractivity contribution in [1.29, 1.82) is 0 Å². The fourth-order valence-electron chi connectivity index (χ4n) is 9.31. The first-order chi connectivity index (χ1) is 29.0. The van der Waals surface area contributed by atoms with Crippen LogP contribution in [-0.2, 0) is 9.47 Å². The first-order valence-electron chi connectivity index (χ1n) is 27.3. The first kappa shape index (κ1) is 70.2. The van der Waals surface area contributed by atoms with Crippen LogP contribution in [0, 0.1) is 0 Å². The van der Waals surface area contributed by atoms with Crippen LogP contribution in [0.25, 0.3) is 0 Å². The first-order valence-corrected chi connectivity index (χ1v) is 27.3. The topological polar surface area (TPSA) is 38.7 Å². The zero-order valence-corrected chi connectivity index (χ0v) is 46.6. The molecular formula is C54H116Cl3N3O3. The van der Waals surface area contributed by atoms with E-state index in [2.05, 4.69) is 63.1 Å². The van der Waals surface area contributed by atoms with Gasteiger partial charge in [0.2, 0.25) is 0 Å². The van der Waals surface area contributed by atoms with E-state index in [0.717, 1.165) is 65.3 Å². The summed E-state index contributed by atoms with van der Waals surface area (Å²) >= 11 is 0. The third kappa shape index (κ3) is 44.9. The smallest absolute Gasteiger partial charge is 0.192 e. The van der Waals surface area contributed by atoms with Crippen molar-refractivity contribution in [3.63, 3.8) is 0 Å². The standard InChI is InChI=1S/C54H116N3O3.3ClH/c1-10-13-16-19-22-25-28-31-34-37-46-55(4,5)47-40-41-51-59-54(57(8,9)49-39-36-33-30-27-24-21-18-15-12-3)45-43-52-60-53(44-42-50-58)56(6,7)48-38-35-32-29-26-23-20-17-14-11-2;;;/h53-54,58H,10-52H2,1-9H3;3*1H/q+3;;;/p-3. The maximum atomic E-state index is 9.73. The molecule has 0 spiro atoms. The monoisotopic (exact) mass is 960 g/mol. The van der Waals surface area contributed by atoms with Crippen molar-refractivity contribution in [2.75, 3.05) is 88.3 Å². The van der Waals surface area contributed by atoms with E-state index in [9.17, 15) is 5.11 Å². The number of quaternary nitrogens is 3. The highest BCUT2D eigenvalue weighted by atomic mass is 35.5. The Morgan fingerprint density at radius 1 is 0.317 bits per heavy atom. The number of halogens is 3. The summed E-state index contributed by atoms with van der Waals surface area (Å²) in [4.78, 5) is 0. The maximum absolute atomic E-state index is 9.73. The van der Waals surface area contributed by atoms with Crippen LogP contribution < -0.4 is 37.2 Å². The lowest BCUT2D eigenvalue weighted by atomic mass is 10.1. The van der Waals surface area contributed by atoms with Gasteiger partial charge in [-0.1, -0.05) is 175 Å². The number of nitrogens with zero attached hydrogens (tertiary/aromatic N) is 3. The largest absolute Gasteiger partial charge is 1.00 e. The third-order valence-electron chi connectivity index (χ3n) is 13.8. The number of unbranched alkanes of at least 4 members (excludes halogenated alkanes) is 28. The molecule has 0 radical (unpaired) electrons. The number of aliphatic hydroxyl groups excluding tert-OH is 1. The molecule has 2 atom stereocenters. The fraction of sp³-hybridized carbons (Fsp3) is 1.00. The van der Waals surface area contributed by atoms with Gasteiger partial charge in [-0.25, -0.2) is 0 Å². The molecule has 2 unspecified atom stereocenters. The molecule has 0 aliphatic rings. The Hall–Kier alpha value is 0.630. The molecular weight excluding hydrogens is 845 g/mol. The van der Waals surface area contributed by atoms with Crippen molar-refractivity contribution < 1.29 is 65.3 Å². The molecule has 0 aromatic heterocycles. The lowest BCUT2D eigenvalue weighted by Gasteiger charge is -2.39. The Kier molecular flexibility index (Phi) is 54.7. The van der Waals surface area contributed by atoms with Gasteiger partial charge in [0.25, 0.3) is 0 Å². The van der Waals surface area contributed by atoms with Crippen LogP contribution in [-0.4, -0.2) is 119 Å². The molecule has 0 aliphatic heterocycles. The molecule has 0 amide bonds. The van der Waals surface area contributed by atoms with Crippen LogP contribution >= 0.6 is 0 Å². The van der Waals surface area contributed by atoms with Gasteiger partial charge >= 0.3 is 0 Å². The number of hydrogen-bond donors (Lipinski definition) is 1. The van der Waals surface area contributed by atoms with Crippen molar-refractivity contribution in [2.24, 2.45) is 0 Å². The van der Waals surface area contributed by atoms with Gasteiger partial charge in [0.05, 0.1) is 81.7 Å². The minimum Gasteiger partial charge on any atom is -1.00 e. The van der Waals surface area contributed by atoms with Crippen LogP contribution in [0.4, 0.5) is 0 Å². The molecule has 0 rings (SSSR count). The van der Waals surface area contributed by atoms with Gasteiger partial charge in [-0.2, -0.15) is 0 Å². The summed E-state index contributed by atoms with van der Waals surface area (Å²) in [6.07, 6.45) is 48.2. The Morgan fingerprint density at radius 3 is 0.889 bits per heavy atom. The second-order valence-corrected chi connectivity index (χ2v) is 21.3. The molecule has 0 aromatic rings. The molecule has 6 nitrogen and oxygen atoms in total. The highest BCUT2D eigenvalue weighted by Crippen LogP contribution is 2.22. The summed E-state index contributed by atoms with van der Waals surface area (Å²) in [5, 5.41) is 9.73. The van der Waals surface area contributed by atoms with Gasteiger partial charge in [0.1, 0.15) is 0 Å². The average Bonchev–Trinajstić information content (AvgIpc) is 3.21. The molecule has 386 valence electrons. The van der Waals surface area contributed by atoms with Gasteiger partial charge in [-0.05, 0) is 64.2 Å². The molecule has 63 heavy (non-hydrogen) atoms. The zero-order chi connectivity index (χ0) is 44.5. The average molecular weight is 962 g/mol. The van der Waals surface area contributed by atoms with E-state index >= 15 is 0 Å². The van der Waals surface area contributed by atoms with Crippen LogP contribution in [0.1, 0.15) is 252 Å². The number of ether oxygens (including phenoxy) is 2. The molecule has 0 saturated heterocycles. The Balaban J connectivity index is -0.00000580. The van der Waals surface area contributed by atoms with Gasteiger partial charge in [0.15, 0.2) is 12.5 Å². The van der Waals surface area contributed by atoms with Gasteiger partial charge in [0, 0.05) is 19.4 Å². The highest BCUT2D eigenvalue weighted by molar-refractivity contribution is 4.56. The van der Waals surface area contributed by atoms with E-state index in [0.29, 0.717) is 0 Å². The molecule has 0 fully saturated rings. The summed E-state index contributed by atoms with van der Waals surface area (Å²) < 4.78 is 16.6. The molecule has 0 aromatic carbocycles. The van der Waals surface area contributed by atoms with E-state index in [4.69, 9.17) is 9.47 Å². The van der Waals surface area contributed by atoms with Gasteiger partial charge in [-0.15, -0.1) is 0 Å². The Bertz CT molecular complexity index is 883. The lowest BCUT2D eigenvalue weighted by Crippen LogP contribution is -3.00. The quantitative estimate of drug-likeness (QED) is 0.0462. The number of aliphatic hydroxyl groups is 1. The lowest BCUT2D eigenvalue weighted by molar-refractivity contribution is -0.939. The van der Waals surface area contributed by atoms with Crippen molar-refractivity contribution in [3.8, 4) is 0 Å². The Morgan fingerprint density at radius 2 is 0.571 bits per heavy atom. The molecule has 0 heterocycles. The maximum Gasteiger partial charge on any atom is 0.192 e. The summed E-state index contributed by atoms with van der Waals surface area (Å²) in [7, 11) is 14.4. The number of rotatable bonds is 49. The van der Waals surface area contributed by atoms with Crippen molar-refractivity contribution in [3.05, 3.63) is 0 Å². The fourth-order valence-corrected chi connectivity index (χ4v) is 9.31. The normalized spacial score (nSPS) is 13.0. The molecule has 1 N–H and O–H groups in total. The minimum atomic E-state index is 0. The van der Waals surface area contributed by atoms with Gasteiger partial charge in [-0.3, -0.25) is 0 Å². The van der Waals surface area contributed by atoms with Crippen LogP contribution in [0.15, 0.2) is 0 Å². The van der Waals surface area contributed by atoms with E-state index in [-0.39, 0.29) is 56.3 Å². The molecule has 0 saturated carbocycles. The van der Waals surface area contributed by atoms with Gasteiger partial charge < -0.3 is 65.3 Å². The third-order valence-corrected chi connectivity index (χ3v) is 13.8.